The summed E-state index contributed by atoms with van der Waals surface area (Å²) in [4.78, 5) is 0. The molecule has 1 aliphatic rings. The van der Waals surface area contributed by atoms with Crippen LogP contribution in [0.1, 0.15) is 5.56 Å². The van der Waals surface area contributed by atoms with Crippen LogP contribution < -0.4 is 0 Å². The lowest BCUT2D eigenvalue weighted by Crippen LogP contribution is -2.18. The van der Waals surface area contributed by atoms with Gasteiger partial charge in [0, 0.05) is 23.7 Å². The molecule has 0 saturated heterocycles. The molecule has 2 aromatic carbocycles. The lowest BCUT2D eigenvalue weighted by molar-refractivity contribution is -0.471. The molecule has 0 radical (unpaired) electrons. The van der Waals surface area contributed by atoms with Crippen LogP contribution in [0.3, 0.4) is 0 Å². The van der Waals surface area contributed by atoms with Crippen LogP contribution in [0.25, 0.3) is 10.9 Å². The Hall–Kier alpha value is -2.75. The van der Waals surface area contributed by atoms with E-state index in [-0.39, 0.29) is 11.5 Å². The van der Waals surface area contributed by atoms with Crippen molar-refractivity contribution in [2.75, 3.05) is 0 Å². The minimum absolute atomic E-state index is 0.0518. The zero-order valence-electron chi connectivity index (χ0n) is 10.7. The number of aromatic nitrogens is 1. The van der Waals surface area contributed by atoms with Crippen LogP contribution in [0, 0.1) is 0 Å². The Bertz CT molecular complexity index is 848. The third kappa shape index (κ3) is 1.45. The highest BCUT2D eigenvalue weighted by molar-refractivity contribution is 6.01. The number of aromatic hydroxyl groups is 2. The summed E-state index contributed by atoms with van der Waals surface area (Å²) in [5, 5.41) is 20.4. The maximum absolute atomic E-state index is 9.91. The molecule has 1 aliphatic heterocycles. The summed E-state index contributed by atoms with van der Waals surface area (Å²) in [7, 11) is 0. The zero-order valence-corrected chi connectivity index (χ0v) is 10.7. The van der Waals surface area contributed by atoms with E-state index in [1.165, 1.54) is 0 Å². The number of hydrogen-bond donors (Lipinski definition) is 2. The Morgan fingerprint density at radius 1 is 1.05 bits per heavy atom. The lowest BCUT2D eigenvalue weighted by atomic mass is 10.1. The molecule has 98 valence electrons. The second-order valence-corrected chi connectivity index (χ2v) is 4.96. The summed E-state index contributed by atoms with van der Waals surface area (Å²) in [5.74, 6) is -0.138. The van der Waals surface area contributed by atoms with Gasteiger partial charge in [-0.3, -0.25) is 4.57 Å². The van der Waals surface area contributed by atoms with E-state index in [0.717, 1.165) is 16.8 Å². The second kappa shape index (κ2) is 3.87. The molecule has 0 atom stereocenters. The summed E-state index contributed by atoms with van der Waals surface area (Å²) < 4.78 is 4.18. The number of phenolic OH excluding ortho intramolecular Hbond substituents is 2. The summed E-state index contributed by atoms with van der Waals surface area (Å²) in [6.07, 6.45) is 3.92. The van der Waals surface area contributed by atoms with E-state index < -0.39 is 0 Å². The van der Waals surface area contributed by atoms with Crippen LogP contribution in [0.2, 0.25) is 0 Å². The number of benzene rings is 2. The van der Waals surface area contributed by atoms with Crippen molar-refractivity contribution in [2.45, 2.75) is 6.67 Å². The van der Waals surface area contributed by atoms with Gasteiger partial charge in [0.05, 0.1) is 11.1 Å². The quantitative estimate of drug-likeness (QED) is 0.525. The third-order valence-electron chi connectivity index (χ3n) is 3.71. The Balaban J connectivity index is 1.97. The van der Waals surface area contributed by atoms with E-state index in [1.807, 2.05) is 48.8 Å². The minimum atomic E-state index is -0.0867. The first kappa shape index (κ1) is 11.1. The number of para-hydroxylation sites is 1. The monoisotopic (exact) mass is 265 g/mol. The van der Waals surface area contributed by atoms with Gasteiger partial charge in [0.15, 0.2) is 17.7 Å². The molecule has 0 unspecified atom stereocenters. The molecule has 0 aliphatic carbocycles. The summed E-state index contributed by atoms with van der Waals surface area (Å²) in [5.41, 5.74) is 2.94. The van der Waals surface area contributed by atoms with Crippen molar-refractivity contribution in [1.29, 1.82) is 0 Å². The summed E-state index contributed by atoms with van der Waals surface area (Å²) in [6, 6.07) is 13.5. The van der Waals surface area contributed by atoms with E-state index in [4.69, 9.17) is 0 Å². The fraction of sp³-hybridized carbons (Fsp3) is 0.0625. The van der Waals surface area contributed by atoms with Crippen molar-refractivity contribution in [3.8, 4) is 11.5 Å². The fourth-order valence-electron chi connectivity index (χ4n) is 2.77. The van der Waals surface area contributed by atoms with E-state index >= 15 is 0 Å². The fourth-order valence-corrected chi connectivity index (χ4v) is 2.77. The summed E-state index contributed by atoms with van der Waals surface area (Å²) >= 11 is 0. The van der Waals surface area contributed by atoms with Crippen molar-refractivity contribution in [1.82, 2.24) is 4.57 Å². The van der Waals surface area contributed by atoms with Crippen molar-refractivity contribution >= 4 is 22.8 Å². The molecule has 0 saturated carbocycles. The highest BCUT2D eigenvalue weighted by Gasteiger charge is 2.22. The third-order valence-corrected chi connectivity index (χ3v) is 3.71. The predicted molar refractivity (Wildman–Crippen MR) is 76.8 cm³/mol. The van der Waals surface area contributed by atoms with E-state index in [2.05, 4.69) is 9.14 Å². The summed E-state index contributed by atoms with van der Waals surface area (Å²) in [6.45, 7) is 0.685. The minimum Gasteiger partial charge on any atom is -0.504 e. The van der Waals surface area contributed by atoms with Crippen molar-refractivity contribution < 1.29 is 14.8 Å². The van der Waals surface area contributed by atoms with Crippen LogP contribution in [-0.2, 0) is 6.67 Å². The zero-order chi connectivity index (χ0) is 13.7. The Labute approximate surface area is 115 Å². The highest BCUT2D eigenvalue weighted by Crippen LogP contribution is 2.37. The molecule has 2 N–H and O–H groups in total. The average molecular weight is 265 g/mol. The van der Waals surface area contributed by atoms with Gasteiger partial charge in [-0.15, -0.1) is 0 Å². The van der Waals surface area contributed by atoms with Gasteiger partial charge in [-0.05, 0) is 12.1 Å². The molecule has 2 heterocycles. The molecule has 0 fully saturated rings. The molecule has 1 aromatic heterocycles. The Morgan fingerprint density at radius 2 is 1.85 bits per heavy atom. The smallest absolute Gasteiger partial charge is 0.228 e. The SMILES string of the molecule is Oc1cc2c3c(ccn3C[N+](c3ccccc3)=C2)c1O. The van der Waals surface area contributed by atoms with Gasteiger partial charge in [-0.1, -0.05) is 18.2 Å². The highest BCUT2D eigenvalue weighted by atomic mass is 16.3. The van der Waals surface area contributed by atoms with Crippen LogP contribution >= 0.6 is 0 Å². The number of rotatable bonds is 1. The van der Waals surface area contributed by atoms with Gasteiger partial charge in [0.1, 0.15) is 0 Å². The van der Waals surface area contributed by atoms with Gasteiger partial charge in [-0.25, -0.2) is 0 Å². The Kier molecular flexibility index (Phi) is 2.15. The largest absolute Gasteiger partial charge is 0.504 e. The van der Waals surface area contributed by atoms with Gasteiger partial charge >= 0.3 is 0 Å². The molecular weight excluding hydrogens is 252 g/mol. The van der Waals surface area contributed by atoms with Gasteiger partial charge < -0.3 is 10.2 Å². The first-order valence-corrected chi connectivity index (χ1v) is 6.44. The van der Waals surface area contributed by atoms with Crippen LogP contribution in [0.5, 0.6) is 11.5 Å². The molecule has 4 rings (SSSR count). The number of phenols is 2. The normalized spacial score (nSPS) is 13.5. The molecule has 20 heavy (non-hydrogen) atoms. The average Bonchev–Trinajstić information content (AvgIpc) is 2.90. The number of nitrogens with zero attached hydrogens (tertiary/aromatic N) is 2. The van der Waals surface area contributed by atoms with Gasteiger partial charge in [0.2, 0.25) is 12.4 Å². The van der Waals surface area contributed by atoms with Crippen LogP contribution in [0.15, 0.2) is 48.7 Å². The van der Waals surface area contributed by atoms with Crippen molar-refractivity contribution in [3.63, 3.8) is 0 Å². The maximum Gasteiger partial charge on any atom is 0.228 e. The van der Waals surface area contributed by atoms with E-state index in [1.54, 1.807) is 6.07 Å². The van der Waals surface area contributed by atoms with Crippen LogP contribution in [0.4, 0.5) is 5.69 Å². The van der Waals surface area contributed by atoms with Gasteiger partial charge in [0.25, 0.3) is 0 Å². The van der Waals surface area contributed by atoms with Crippen LogP contribution in [-0.4, -0.2) is 25.6 Å². The molecular formula is C16H13N2O2+. The maximum atomic E-state index is 9.91. The van der Waals surface area contributed by atoms with Gasteiger partial charge in [-0.2, -0.15) is 4.58 Å². The molecule has 0 bridgehead atoms. The Morgan fingerprint density at radius 3 is 2.65 bits per heavy atom. The van der Waals surface area contributed by atoms with Crippen molar-refractivity contribution in [2.24, 2.45) is 0 Å². The van der Waals surface area contributed by atoms with E-state index in [9.17, 15) is 10.2 Å². The standard InChI is InChI=1S/C16H12N2O2/c19-14-8-11-9-18(12-4-2-1-3-5-12)10-17-7-6-13(15(11)17)16(14)20/h1-9,19H,10H2/p+1. The molecule has 3 aromatic rings. The molecule has 0 amide bonds. The second-order valence-electron chi connectivity index (χ2n) is 4.96. The molecule has 4 heteroatoms. The number of hydrogen-bond acceptors (Lipinski definition) is 2. The topological polar surface area (TPSA) is 48.4 Å². The lowest BCUT2D eigenvalue weighted by Gasteiger charge is -2.13. The first-order chi connectivity index (χ1) is 9.74. The predicted octanol–water partition coefficient (Wildman–Crippen LogP) is 2.79. The molecule has 4 nitrogen and oxygen atoms in total. The molecule has 0 spiro atoms. The van der Waals surface area contributed by atoms with E-state index in [0.29, 0.717) is 12.1 Å². The first-order valence-electron chi connectivity index (χ1n) is 6.44. The van der Waals surface area contributed by atoms with Crippen molar-refractivity contribution in [3.05, 3.63) is 54.2 Å².